The van der Waals surface area contributed by atoms with Gasteiger partial charge in [-0.05, 0) is 43.4 Å². The number of nitrogens with zero attached hydrogens (tertiary/aromatic N) is 1. The van der Waals surface area contributed by atoms with Gasteiger partial charge in [-0.2, -0.15) is 0 Å². The van der Waals surface area contributed by atoms with Gasteiger partial charge in [-0.25, -0.2) is 0 Å². The first-order chi connectivity index (χ1) is 10.6. The SMILES string of the molecule is Cl.NC(CNC(=O)C1CCN(c2cccc(Cl)c2)C1=O)C1CC1. The molecule has 23 heavy (non-hydrogen) atoms. The number of amides is 2. The van der Waals surface area contributed by atoms with Crippen LogP contribution in [0.2, 0.25) is 5.02 Å². The Morgan fingerprint density at radius 1 is 1.39 bits per heavy atom. The first-order valence-electron chi connectivity index (χ1n) is 7.66. The lowest BCUT2D eigenvalue weighted by atomic mass is 10.1. The van der Waals surface area contributed by atoms with Crippen LogP contribution in [0.3, 0.4) is 0 Å². The molecule has 2 atom stereocenters. The Labute approximate surface area is 146 Å². The van der Waals surface area contributed by atoms with Gasteiger partial charge in [-0.3, -0.25) is 9.59 Å². The summed E-state index contributed by atoms with van der Waals surface area (Å²) in [5, 5.41) is 3.40. The summed E-state index contributed by atoms with van der Waals surface area (Å²) >= 11 is 5.96. The van der Waals surface area contributed by atoms with Gasteiger partial charge in [0.05, 0.1) is 0 Å². The third-order valence-corrected chi connectivity index (χ3v) is 4.62. The maximum atomic E-state index is 12.4. The fourth-order valence-electron chi connectivity index (χ4n) is 2.86. The molecule has 1 aromatic carbocycles. The number of anilines is 1. The van der Waals surface area contributed by atoms with Gasteiger partial charge >= 0.3 is 0 Å². The molecule has 3 rings (SSSR count). The molecule has 0 aromatic heterocycles. The molecule has 1 heterocycles. The van der Waals surface area contributed by atoms with Gasteiger partial charge in [0.25, 0.3) is 0 Å². The quantitative estimate of drug-likeness (QED) is 0.791. The van der Waals surface area contributed by atoms with E-state index >= 15 is 0 Å². The normalized spacial score (nSPS) is 21.7. The molecule has 3 N–H and O–H groups in total. The predicted molar refractivity (Wildman–Crippen MR) is 92.9 cm³/mol. The number of carbonyl (C=O) groups excluding carboxylic acids is 2. The smallest absolute Gasteiger partial charge is 0.239 e. The second-order valence-electron chi connectivity index (χ2n) is 6.06. The molecular formula is C16H21Cl2N3O2. The van der Waals surface area contributed by atoms with Crippen LogP contribution < -0.4 is 16.0 Å². The van der Waals surface area contributed by atoms with Gasteiger partial charge in [0.1, 0.15) is 5.92 Å². The second kappa shape index (κ2) is 7.51. The van der Waals surface area contributed by atoms with Gasteiger partial charge in [-0.1, -0.05) is 17.7 Å². The second-order valence-corrected chi connectivity index (χ2v) is 6.49. The monoisotopic (exact) mass is 357 g/mol. The number of hydrogen-bond acceptors (Lipinski definition) is 3. The molecule has 7 heteroatoms. The molecule has 5 nitrogen and oxygen atoms in total. The third-order valence-electron chi connectivity index (χ3n) is 4.38. The molecule has 1 saturated heterocycles. The van der Waals surface area contributed by atoms with Gasteiger partial charge in [-0.15, -0.1) is 12.4 Å². The minimum Gasteiger partial charge on any atom is -0.354 e. The van der Waals surface area contributed by atoms with E-state index in [-0.39, 0.29) is 30.3 Å². The van der Waals surface area contributed by atoms with E-state index in [9.17, 15) is 9.59 Å². The van der Waals surface area contributed by atoms with Crippen LogP contribution in [-0.2, 0) is 9.59 Å². The summed E-state index contributed by atoms with van der Waals surface area (Å²) in [6.07, 6.45) is 2.81. The van der Waals surface area contributed by atoms with Gasteiger partial charge in [0, 0.05) is 29.8 Å². The average Bonchev–Trinajstić information content (AvgIpc) is 3.27. The van der Waals surface area contributed by atoms with Crippen molar-refractivity contribution in [3.05, 3.63) is 29.3 Å². The Bertz CT molecular complexity index is 592. The molecule has 1 saturated carbocycles. The first-order valence-corrected chi connectivity index (χ1v) is 8.04. The van der Waals surface area contributed by atoms with Crippen LogP contribution in [0, 0.1) is 11.8 Å². The van der Waals surface area contributed by atoms with E-state index in [1.54, 1.807) is 23.1 Å². The van der Waals surface area contributed by atoms with Crippen LogP contribution >= 0.6 is 24.0 Å². The molecule has 2 fully saturated rings. The van der Waals surface area contributed by atoms with E-state index in [2.05, 4.69) is 5.32 Å². The van der Waals surface area contributed by atoms with Crippen molar-refractivity contribution >= 4 is 41.5 Å². The molecule has 2 unspecified atom stereocenters. The highest BCUT2D eigenvalue weighted by Gasteiger charge is 2.38. The third kappa shape index (κ3) is 4.16. The number of hydrogen-bond donors (Lipinski definition) is 2. The fraction of sp³-hybridized carbons (Fsp3) is 0.500. The minimum atomic E-state index is -0.620. The number of halogens is 2. The molecule has 1 aliphatic carbocycles. The number of nitrogens with one attached hydrogen (secondary N) is 1. The van der Waals surface area contributed by atoms with Crippen molar-refractivity contribution in [3.8, 4) is 0 Å². The zero-order valence-electron chi connectivity index (χ0n) is 12.7. The highest BCUT2D eigenvalue weighted by molar-refractivity contribution is 6.31. The van der Waals surface area contributed by atoms with E-state index in [1.807, 2.05) is 6.07 Å². The molecule has 2 amide bonds. The van der Waals surface area contributed by atoms with Crippen LogP contribution in [0.5, 0.6) is 0 Å². The van der Waals surface area contributed by atoms with E-state index in [0.717, 1.165) is 18.5 Å². The summed E-state index contributed by atoms with van der Waals surface area (Å²) in [4.78, 5) is 26.3. The minimum absolute atomic E-state index is 0. The van der Waals surface area contributed by atoms with Crippen LogP contribution in [0.25, 0.3) is 0 Å². The highest BCUT2D eigenvalue weighted by Crippen LogP contribution is 2.31. The first kappa shape index (κ1) is 18.0. The molecule has 1 aromatic rings. The van der Waals surface area contributed by atoms with E-state index < -0.39 is 5.92 Å². The van der Waals surface area contributed by atoms with Crippen molar-refractivity contribution < 1.29 is 9.59 Å². The maximum absolute atomic E-state index is 12.4. The molecule has 0 bridgehead atoms. The van der Waals surface area contributed by atoms with Crippen molar-refractivity contribution in [2.75, 3.05) is 18.0 Å². The van der Waals surface area contributed by atoms with Gasteiger partial charge in [0.2, 0.25) is 11.8 Å². The van der Waals surface area contributed by atoms with E-state index in [0.29, 0.717) is 30.5 Å². The Morgan fingerprint density at radius 2 is 2.13 bits per heavy atom. The Kier molecular flexibility index (Phi) is 5.89. The molecule has 126 valence electrons. The molecule has 0 spiro atoms. The zero-order valence-corrected chi connectivity index (χ0v) is 14.3. The Morgan fingerprint density at radius 3 is 2.78 bits per heavy atom. The maximum Gasteiger partial charge on any atom is 0.239 e. The predicted octanol–water partition coefficient (Wildman–Crippen LogP) is 1.97. The average molecular weight is 358 g/mol. The summed E-state index contributed by atoms with van der Waals surface area (Å²) in [6.45, 7) is 0.983. The summed E-state index contributed by atoms with van der Waals surface area (Å²) < 4.78 is 0. The number of nitrogens with two attached hydrogens (primary N) is 1. The van der Waals surface area contributed by atoms with Gasteiger partial charge < -0.3 is 16.0 Å². The lowest BCUT2D eigenvalue weighted by Gasteiger charge is -2.17. The standard InChI is InChI=1S/C16H20ClN3O2.ClH/c17-11-2-1-3-12(8-11)20-7-6-13(16(20)22)15(21)19-9-14(18)10-4-5-10;/h1-3,8,10,13-14H,4-7,9,18H2,(H,19,21);1H. The number of benzene rings is 1. The number of carbonyl (C=O) groups is 2. The van der Waals surface area contributed by atoms with Crippen molar-refractivity contribution in [2.45, 2.75) is 25.3 Å². The molecular weight excluding hydrogens is 337 g/mol. The van der Waals surface area contributed by atoms with Crippen molar-refractivity contribution in [2.24, 2.45) is 17.6 Å². The van der Waals surface area contributed by atoms with Crippen LogP contribution in [-0.4, -0.2) is 30.9 Å². The van der Waals surface area contributed by atoms with Crippen LogP contribution in [0.4, 0.5) is 5.69 Å². The largest absolute Gasteiger partial charge is 0.354 e. The Hall–Kier alpha value is -1.30. The fourth-order valence-corrected chi connectivity index (χ4v) is 3.04. The summed E-state index contributed by atoms with van der Waals surface area (Å²) in [5.74, 6) is -0.474. The van der Waals surface area contributed by atoms with Crippen molar-refractivity contribution in [3.63, 3.8) is 0 Å². The van der Waals surface area contributed by atoms with Crippen molar-refractivity contribution in [1.82, 2.24) is 5.32 Å². The van der Waals surface area contributed by atoms with Crippen LogP contribution in [0.15, 0.2) is 24.3 Å². The molecule has 1 aliphatic heterocycles. The number of rotatable bonds is 5. The Balaban J connectivity index is 0.00000192. The molecule has 2 aliphatic rings. The zero-order chi connectivity index (χ0) is 15.7. The highest BCUT2D eigenvalue weighted by atomic mass is 35.5. The lowest BCUT2D eigenvalue weighted by molar-refractivity contribution is -0.132. The topological polar surface area (TPSA) is 75.4 Å². The summed E-state index contributed by atoms with van der Waals surface area (Å²) in [7, 11) is 0. The van der Waals surface area contributed by atoms with E-state index in [4.69, 9.17) is 17.3 Å². The summed E-state index contributed by atoms with van der Waals surface area (Å²) in [6, 6.07) is 7.13. The summed E-state index contributed by atoms with van der Waals surface area (Å²) in [5.41, 5.74) is 6.71. The lowest BCUT2D eigenvalue weighted by Crippen LogP contribution is -2.43. The van der Waals surface area contributed by atoms with Crippen molar-refractivity contribution in [1.29, 1.82) is 0 Å². The molecule has 0 radical (unpaired) electrons. The van der Waals surface area contributed by atoms with Gasteiger partial charge in [0.15, 0.2) is 0 Å². The van der Waals surface area contributed by atoms with Crippen LogP contribution in [0.1, 0.15) is 19.3 Å². The van der Waals surface area contributed by atoms with E-state index in [1.165, 1.54) is 0 Å².